The van der Waals surface area contributed by atoms with Gasteiger partial charge in [0.15, 0.2) is 5.69 Å². The molecule has 0 spiro atoms. The van der Waals surface area contributed by atoms with Crippen LogP contribution in [0.5, 0.6) is 0 Å². The first-order chi connectivity index (χ1) is 17.1. The molecule has 36 heavy (non-hydrogen) atoms. The molecule has 0 radical (unpaired) electrons. The Labute approximate surface area is 209 Å². The second-order valence-corrected chi connectivity index (χ2v) is 10.4. The van der Waals surface area contributed by atoms with Crippen LogP contribution in [0.4, 0.5) is 0 Å². The number of hydrogen-bond acceptors (Lipinski definition) is 7. The van der Waals surface area contributed by atoms with Crippen molar-refractivity contribution in [3.05, 3.63) is 41.7 Å². The lowest BCUT2D eigenvalue weighted by molar-refractivity contribution is -0.125. The fourth-order valence-corrected chi connectivity index (χ4v) is 4.61. The van der Waals surface area contributed by atoms with E-state index in [4.69, 9.17) is 10.2 Å². The van der Waals surface area contributed by atoms with Crippen molar-refractivity contribution in [1.82, 2.24) is 30.6 Å². The zero-order valence-corrected chi connectivity index (χ0v) is 20.9. The second-order valence-electron chi connectivity index (χ2n) is 10.4. The van der Waals surface area contributed by atoms with E-state index in [9.17, 15) is 14.4 Å². The summed E-state index contributed by atoms with van der Waals surface area (Å²) in [5, 5.41) is 18.2. The molecular formula is C25H33N7O4. The molecule has 1 saturated carbocycles. The van der Waals surface area contributed by atoms with Crippen molar-refractivity contribution < 1.29 is 18.8 Å². The maximum Gasteiger partial charge on any atom is 0.306 e. The van der Waals surface area contributed by atoms with Gasteiger partial charge in [0.1, 0.15) is 6.04 Å². The molecule has 11 nitrogen and oxygen atoms in total. The minimum atomic E-state index is -0.870. The fourth-order valence-electron chi connectivity index (χ4n) is 4.61. The number of nitrogens with two attached hydrogens (primary N) is 1. The van der Waals surface area contributed by atoms with Gasteiger partial charge in [0, 0.05) is 11.9 Å². The molecule has 3 amide bonds. The summed E-state index contributed by atoms with van der Waals surface area (Å²) >= 11 is 0. The lowest BCUT2D eigenvalue weighted by Crippen LogP contribution is -2.53. The lowest BCUT2D eigenvalue weighted by atomic mass is 9.86. The molecule has 0 unspecified atom stereocenters. The summed E-state index contributed by atoms with van der Waals surface area (Å²) in [7, 11) is 0. The molecule has 2 aromatic heterocycles. The topological polar surface area (TPSA) is 158 Å². The molecule has 3 aromatic rings. The first-order valence-electron chi connectivity index (χ1n) is 12.3. The van der Waals surface area contributed by atoms with Crippen molar-refractivity contribution in [3.8, 4) is 0 Å². The van der Waals surface area contributed by atoms with Gasteiger partial charge in [-0.05, 0) is 30.2 Å². The molecule has 1 aliphatic rings. The van der Waals surface area contributed by atoms with Gasteiger partial charge in [0.05, 0.1) is 12.1 Å². The van der Waals surface area contributed by atoms with Crippen LogP contribution in [0, 0.1) is 11.3 Å². The standard InChI is InChI=1S/C25H33N7O4/c1-25(2,3)20(23(35)27-13-18-29-30-24(36-18)21(26)33)28-22(34)19-16-11-7-8-12-17(16)32(31-19)14-15-9-5-4-6-10-15/h7-8,11-12,15,20H,4-6,9-10,13-14H2,1-3H3,(H2,26,33)(H,27,35)(H,28,34)/t20-/m1/s1. The number of fused-ring (bicyclic) bond motifs is 1. The average Bonchev–Trinajstić information content (AvgIpc) is 3.46. The van der Waals surface area contributed by atoms with Gasteiger partial charge in [-0.2, -0.15) is 5.10 Å². The van der Waals surface area contributed by atoms with Gasteiger partial charge in [0.2, 0.25) is 11.8 Å². The number of benzene rings is 1. The fraction of sp³-hybridized carbons (Fsp3) is 0.520. The van der Waals surface area contributed by atoms with E-state index < -0.39 is 29.2 Å². The van der Waals surface area contributed by atoms with Crippen molar-refractivity contribution in [1.29, 1.82) is 0 Å². The number of aromatic nitrogens is 4. The Morgan fingerprint density at radius 2 is 1.86 bits per heavy atom. The van der Waals surface area contributed by atoms with Crippen molar-refractivity contribution >= 4 is 28.6 Å². The van der Waals surface area contributed by atoms with Crippen molar-refractivity contribution in [3.63, 3.8) is 0 Å². The summed E-state index contributed by atoms with van der Waals surface area (Å²) in [5.41, 5.74) is 5.72. The van der Waals surface area contributed by atoms with E-state index in [2.05, 4.69) is 25.9 Å². The molecule has 1 atom stereocenters. The molecule has 0 bridgehead atoms. The lowest BCUT2D eigenvalue weighted by Gasteiger charge is -2.30. The quantitative estimate of drug-likeness (QED) is 0.433. The van der Waals surface area contributed by atoms with Gasteiger partial charge in [-0.3, -0.25) is 19.1 Å². The highest BCUT2D eigenvalue weighted by molar-refractivity contribution is 6.06. The maximum atomic E-state index is 13.4. The van der Waals surface area contributed by atoms with Gasteiger partial charge in [0.25, 0.3) is 5.91 Å². The van der Waals surface area contributed by atoms with E-state index in [1.165, 1.54) is 32.1 Å². The van der Waals surface area contributed by atoms with Gasteiger partial charge in [-0.25, -0.2) is 0 Å². The highest BCUT2D eigenvalue weighted by Gasteiger charge is 2.34. The first-order valence-corrected chi connectivity index (χ1v) is 12.3. The summed E-state index contributed by atoms with van der Waals surface area (Å²) < 4.78 is 7.04. The molecule has 0 aliphatic heterocycles. The molecule has 1 aliphatic carbocycles. The summed E-state index contributed by atoms with van der Waals surface area (Å²) in [5.74, 6) is -1.46. The first kappa shape index (κ1) is 25.3. The number of carbonyl (C=O) groups excluding carboxylic acids is 3. The van der Waals surface area contributed by atoms with E-state index in [1.807, 2.05) is 49.7 Å². The molecule has 1 aromatic carbocycles. The third-order valence-electron chi connectivity index (χ3n) is 6.52. The van der Waals surface area contributed by atoms with Crippen LogP contribution in [0.2, 0.25) is 0 Å². The van der Waals surface area contributed by atoms with Crippen LogP contribution in [-0.4, -0.2) is 43.7 Å². The Hall–Kier alpha value is -3.76. The van der Waals surface area contributed by atoms with Crippen LogP contribution in [0.1, 0.15) is 79.9 Å². The summed E-state index contributed by atoms with van der Waals surface area (Å²) in [6.07, 6.45) is 6.07. The largest absolute Gasteiger partial charge is 0.415 e. The molecule has 1 fully saturated rings. The molecule has 4 N–H and O–H groups in total. The number of nitrogens with one attached hydrogen (secondary N) is 2. The Bertz CT molecular complexity index is 1250. The van der Waals surface area contributed by atoms with Gasteiger partial charge in [-0.1, -0.05) is 58.2 Å². The minimum Gasteiger partial charge on any atom is -0.415 e. The van der Waals surface area contributed by atoms with E-state index in [0.29, 0.717) is 11.6 Å². The number of rotatable bonds is 8. The number of hydrogen-bond donors (Lipinski definition) is 3. The third kappa shape index (κ3) is 5.72. The zero-order valence-electron chi connectivity index (χ0n) is 20.9. The Morgan fingerprint density at radius 3 is 2.53 bits per heavy atom. The van der Waals surface area contributed by atoms with Crippen molar-refractivity contribution in [2.75, 3.05) is 0 Å². The minimum absolute atomic E-state index is 0.0311. The van der Waals surface area contributed by atoms with Crippen LogP contribution in [0.25, 0.3) is 10.9 Å². The number of amides is 3. The third-order valence-corrected chi connectivity index (χ3v) is 6.52. The van der Waals surface area contributed by atoms with E-state index in [0.717, 1.165) is 17.4 Å². The molecule has 0 saturated heterocycles. The van der Waals surface area contributed by atoms with Gasteiger partial charge < -0.3 is 20.8 Å². The normalized spacial score (nSPS) is 15.5. The second kappa shape index (κ2) is 10.5. The van der Waals surface area contributed by atoms with Gasteiger partial charge in [-0.15, -0.1) is 10.2 Å². The van der Waals surface area contributed by atoms with Crippen LogP contribution in [0.15, 0.2) is 28.7 Å². The smallest absolute Gasteiger partial charge is 0.306 e. The molecular weight excluding hydrogens is 462 g/mol. The number of carbonyl (C=O) groups is 3. The number of nitrogens with zero attached hydrogens (tertiary/aromatic N) is 4. The van der Waals surface area contributed by atoms with Crippen LogP contribution in [-0.2, 0) is 17.9 Å². The highest BCUT2D eigenvalue weighted by Crippen LogP contribution is 2.28. The monoisotopic (exact) mass is 495 g/mol. The molecule has 4 rings (SSSR count). The predicted octanol–water partition coefficient (Wildman–Crippen LogP) is 2.56. The number of para-hydroxylation sites is 1. The Balaban J connectivity index is 1.51. The van der Waals surface area contributed by atoms with Crippen LogP contribution in [0.3, 0.4) is 0 Å². The summed E-state index contributed by atoms with van der Waals surface area (Å²) in [4.78, 5) is 37.6. The summed E-state index contributed by atoms with van der Waals surface area (Å²) in [6, 6.07) is 6.80. The van der Waals surface area contributed by atoms with E-state index >= 15 is 0 Å². The van der Waals surface area contributed by atoms with Crippen molar-refractivity contribution in [2.24, 2.45) is 17.1 Å². The Kier molecular flexibility index (Phi) is 7.37. The maximum absolute atomic E-state index is 13.4. The summed E-state index contributed by atoms with van der Waals surface area (Å²) in [6.45, 7) is 6.23. The molecule has 192 valence electrons. The van der Waals surface area contributed by atoms with E-state index in [-0.39, 0.29) is 18.3 Å². The predicted molar refractivity (Wildman–Crippen MR) is 132 cm³/mol. The molecule has 2 heterocycles. The molecule has 11 heteroatoms. The average molecular weight is 496 g/mol. The Morgan fingerprint density at radius 1 is 1.14 bits per heavy atom. The highest BCUT2D eigenvalue weighted by atomic mass is 16.4. The van der Waals surface area contributed by atoms with Crippen molar-refractivity contribution in [2.45, 2.75) is 72.0 Å². The SMILES string of the molecule is CC(C)(C)[C@H](NC(=O)c1nn(CC2CCCCC2)c2ccccc12)C(=O)NCc1nnc(C(N)=O)o1. The number of primary amides is 1. The van der Waals surface area contributed by atoms with Crippen LogP contribution >= 0.6 is 0 Å². The van der Waals surface area contributed by atoms with E-state index in [1.54, 1.807) is 0 Å². The van der Waals surface area contributed by atoms with Gasteiger partial charge >= 0.3 is 11.8 Å². The zero-order chi connectivity index (χ0) is 25.9. The van der Waals surface area contributed by atoms with Crippen LogP contribution < -0.4 is 16.4 Å².